The summed E-state index contributed by atoms with van der Waals surface area (Å²) in [6, 6.07) is 21.7. The summed E-state index contributed by atoms with van der Waals surface area (Å²) in [4.78, 5) is 31.7. The minimum absolute atomic E-state index is 0.00253. The predicted molar refractivity (Wildman–Crippen MR) is 143 cm³/mol. The number of Topliss-reactive ketones (excluding diaryl/α,β-unsaturated/α-hetero) is 1. The number of anilines is 1. The van der Waals surface area contributed by atoms with E-state index >= 15 is 0 Å². The molecule has 0 saturated carbocycles. The molecule has 0 aliphatic carbocycles. The van der Waals surface area contributed by atoms with Gasteiger partial charge in [-0.1, -0.05) is 42.5 Å². The number of carbonyl (C=O) groups is 2. The van der Waals surface area contributed by atoms with E-state index in [-0.39, 0.29) is 35.3 Å². The Morgan fingerprint density at radius 1 is 0.973 bits per heavy atom. The van der Waals surface area contributed by atoms with Crippen molar-refractivity contribution < 1.29 is 22.7 Å². The number of rotatable bonds is 3. The summed E-state index contributed by atoms with van der Waals surface area (Å²) in [5.74, 6) is -0.460. The van der Waals surface area contributed by atoms with Gasteiger partial charge in [0.2, 0.25) is 5.91 Å². The highest BCUT2D eigenvalue weighted by molar-refractivity contribution is 7.90. The summed E-state index contributed by atoms with van der Waals surface area (Å²) in [7, 11) is -0.449. The van der Waals surface area contributed by atoms with Crippen molar-refractivity contribution in [2.24, 2.45) is 5.92 Å². The Morgan fingerprint density at radius 3 is 2.46 bits per heavy atom. The first-order valence-corrected chi connectivity index (χ1v) is 13.7. The van der Waals surface area contributed by atoms with E-state index in [1.54, 1.807) is 61.5 Å². The van der Waals surface area contributed by atoms with Crippen molar-refractivity contribution in [2.45, 2.75) is 30.0 Å². The number of carbonyl (C=O) groups excluding carboxylic acids is 2. The number of para-hydroxylation sites is 1. The molecule has 0 fully saturated rings. The summed E-state index contributed by atoms with van der Waals surface area (Å²) in [6.45, 7) is 0. The number of aromatic amines is 1. The normalized spacial score (nSPS) is 17.4. The number of aromatic nitrogens is 1. The molecule has 1 amide bonds. The van der Waals surface area contributed by atoms with Crippen LogP contribution in [0.15, 0.2) is 77.8 Å². The molecule has 1 atom stereocenters. The average molecular weight is 517 g/mol. The van der Waals surface area contributed by atoms with E-state index in [0.29, 0.717) is 39.9 Å². The van der Waals surface area contributed by atoms with E-state index < -0.39 is 15.8 Å². The van der Waals surface area contributed by atoms with Crippen LogP contribution in [0.1, 0.15) is 23.1 Å². The van der Waals surface area contributed by atoms with Crippen molar-refractivity contribution in [3.05, 3.63) is 89.5 Å². The Morgan fingerprint density at radius 2 is 1.70 bits per heavy atom. The highest BCUT2D eigenvalue weighted by Crippen LogP contribution is 2.31. The number of ether oxygens (including phenoxy) is 1. The number of ketones is 1. The Kier molecular flexibility index (Phi) is 6.60. The van der Waals surface area contributed by atoms with Crippen LogP contribution < -0.4 is 9.64 Å². The van der Waals surface area contributed by atoms with Gasteiger partial charge in [0.25, 0.3) is 0 Å². The summed E-state index contributed by atoms with van der Waals surface area (Å²) < 4.78 is 32.1. The molecule has 0 saturated heterocycles. The fourth-order valence-electron chi connectivity index (χ4n) is 5.04. The lowest BCUT2D eigenvalue weighted by Gasteiger charge is -2.24. The van der Waals surface area contributed by atoms with Crippen LogP contribution in [0.4, 0.5) is 5.69 Å². The van der Waals surface area contributed by atoms with Gasteiger partial charge >= 0.3 is 0 Å². The molecule has 0 unspecified atom stereocenters. The molecule has 190 valence electrons. The molecule has 5 rings (SSSR count). The Balaban J connectivity index is 1.55. The molecule has 7 nitrogen and oxygen atoms in total. The van der Waals surface area contributed by atoms with E-state index in [0.717, 1.165) is 5.56 Å². The number of sulfone groups is 1. The number of methoxy groups -OCH3 is 1. The summed E-state index contributed by atoms with van der Waals surface area (Å²) >= 11 is 0. The lowest BCUT2D eigenvalue weighted by molar-refractivity contribution is -0.127. The molecule has 3 aromatic carbocycles. The molecular weight excluding hydrogens is 488 g/mol. The smallest absolute Gasteiger partial charge is 0.230 e. The zero-order valence-corrected chi connectivity index (χ0v) is 21.5. The molecule has 1 aliphatic rings. The van der Waals surface area contributed by atoms with Crippen molar-refractivity contribution in [3.8, 4) is 5.75 Å². The van der Waals surface area contributed by atoms with E-state index in [2.05, 4.69) is 4.98 Å². The van der Waals surface area contributed by atoms with E-state index in [1.165, 1.54) is 0 Å². The molecule has 8 heteroatoms. The van der Waals surface area contributed by atoms with E-state index in [1.807, 2.05) is 30.3 Å². The molecule has 4 aromatic rings. The molecule has 1 N–H and O–H groups in total. The first kappa shape index (κ1) is 24.8. The lowest BCUT2D eigenvalue weighted by Crippen LogP contribution is -2.35. The van der Waals surface area contributed by atoms with Gasteiger partial charge in [0.1, 0.15) is 16.6 Å². The molecule has 1 aliphatic heterocycles. The number of nitrogens with zero attached hydrogens (tertiary/aromatic N) is 1. The van der Waals surface area contributed by atoms with Gasteiger partial charge in [-0.3, -0.25) is 9.59 Å². The molecule has 1 aromatic heterocycles. The molecule has 0 radical (unpaired) electrons. The van der Waals surface area contributed by atoms with Gasteiger partial charge in [-0.15, -0.1) is 0 Å². The quantitative estimate of drug-likeness (QED) is 0.433. The van der Waals surface area contributed by atoms with Crippen LogP contribution in [0.5, 0.6) is 5.75 Å². The van der Waals surface area contributed by atoms with Gasteiger partial charge in [0.15, 0.2) is 9.84 Å². The third-order valence-corrected chi connectivity index (χ3v) is 8.59. The number of hydrogen-bond donors (Lipinski definition) is 1. The highest BCUT2D eigenvalue weighted by atomic mass is 32.2. The van der Waals surface area contributed by atoms with Crippen LogP contribution in [-0.4, -0.2) is 39.2 Å². The molecular formula is C29H28N2O5S. The molecule has 0 spiro atoms. The average Bonchev–Trinajstić information content (AvgIpc) is 3.26. The van der Waals surface area contributed by atoms with E-state index in [9.17, 15) is 18.0 Å². The van der Waals surface area contributed by atoms with E-state index in [4.69, 9.17) is 4.74 Å². The van der Waals surface area contributed by atoms with Gasteiger partial charge in [-0.05, 0) is 47.9 Å². The number of fused-ring (bicyclic) bond motifs is 5. The standard InChI is InChI=1S/C29H28N2O5S/c1-31(22-10-12-24(36-2)13-11-22)29(33)21-15-19-6-5-7-20(14-19)18-37(34,35)28-26(17-23(32)16-21)25-8-3-4-9-27(25)30-28/h3-14,21,30H,15-18H2,1-2H3/t21-/m1/s1. The second-order valence-corrected chi connectivity index (χ2v) is 11.4. The maximum atomic E-state index is 13.7. The van der Waals surface area contributed by atoms with Crippen LogP contribution >= 0.6 is 0 Å². The second-order valence-electron chi connectivity index (χ2n) is 9.47. The minimum atomic E-state index is -3.73. The van der Waals surface area contributed by atoms with Crippen LogP contribution in [-0.2, 0) is 38.0 Å². The molecule has 2 bridgehead atoms. The number of H-pyrrole nitrogens is 1. The lowest BCUT2D eigenvalue weighted by atomic mass is 9.90. The van der Waals surface area contributed by atoms with Crippen molar-refractivity contribution in [3.63, 3.8) is 0 Å². The van der Waals surface area contributed by atoms with Crippen molar-refractivity contribution in [1.82, 2.24) is 4.98 Å². The van der Waals surface area contributed by atoms with Gasteiger partial charge in [0.05, 0.1) is 12.9 Å². The Hall–Kier alpha value is -3.91. The first-order valence-electron chi connectivity index (χ1n) is 12.1. The first-order chi connectivity index (χ1) is 17.7. The number of nitrogens with one attached hydrogen (secondary N) is 1. The number of benzene rings is 3. The number of amides is 1. The SMILES string of the molecule is COc1ccc(N(C)C(=O)[C@H]2CC(=O)Cc3c([nH]c4ccccc34)S(=O)(=O)Cc3cccc(c3)C2)cc1. The maximum absolute atomic E-state index is 13.7. The fraction of sp³-hybridized carbons (Fsp3) is 0.241. The maximum Gasteiger partial charge on any atom is 0.230 e. The van der Waals surface area contributed by atoms with Gasteiger partial charge in [-0.25, -0.2) is 8.42 Å². The van der Waals surface area contributed by atoms with Crippen LogP contribution in [0.2, 0.25) is 0 Å². The van der Waals surface area contributed by atoms with Crippen molar-refractivity contribution in [2.75, 3.05) is 19.1 Å². The van der Waals surface area contributed by atoms with Crippen LogP contribution in [0.25, 0.3) is 10.9 Å². The summed E-state index contributed by atoms with van der Waals surface area (Å²) in [6.07, 6.45) is 0.269. The van der Waals surface area contributed by atoms with Crippen LogP contribution in [0.3, 0.4) is 0 Å². The summed E-state index contributed by atoms with van der Waals surface area (Å²) in [5, 5.41) is 0.782. The van der Waals surface area contributed by atoms with Gasteiger partial charge in [0, 0.05) is 48.0 Å². The van der Waals surface area contributed by atoms with Gasteiger partial charge in [-0.2, -0.15) is 0 Å². The third kappa shape index (κ3) is 5.02. The Bertz CT molecular complexity index is 1590. The topological polar surface area (TPSA) is 96.5 Å². The molecule has 37 heavy (non-hydrogen) atoms. The van der Waals surface area contributed by atoms with Gasteiger partial charge < -0.3 is 14.6 Å². The number of hydrogen-bond acceptors (Lipinski definition) is 5. The van der Waals surface area contributed by atoms with Crippen molar-refractivity contribution >= 4 is 38.1 Å². The third-order valence-electron chi connectivity index (χ3n) is 6.90. The highest BCUT2D eigenvalue weighted by Gasteiger charge is 2.30. The minimum Gasteiger partial charge on any atom is -0.497 e. The Labute approximate surface area is 216 Å². The fourth-order valence-corrected chi connectivity index (χ4v) is 6.62. The second kappa shape index (κ2) is 9.86. The zero-order valence-electron chi connectivity index (χ0n) is 20.7. The summed E-state index contributed by atoms with van der Waals surface area (Å²) in [5.41, 5.74) is 3.29. The zero-order chi connectivity index (χ0) is 26.2. The van der Waals surface area contributed by atoms with Crippen molar-refractivity contribution in [1.29, 1.82) is 0 Å². The predicted octanol–water partition coefficient (Wildman–Crippen LogP) is 4.49. The molecule has 2 heterocycles. The largest absolute Gasteiger partial charge is 0.497 e. The monoisotopic (exact) mass is 516 g/mol. The van der Waals surface area contributed by atoms with Crippen LogP contribution in [0, 0.1) is 5.92 Å².